The van der Waals surface area contributed by atoms with Crippen molar-refractivity contribution in [3.05, 3.63) is 80.0 Å². The van der Waals surface area contributed by atoms with Crippen molar-refractivity contribution < 1.29 is 24.2 Å². The summed E-state index contributed by atoms with van der Waals surface area (Å²) in [5, 5.41) is 13.3. The molecule has 5 atom stereocenters. The summed E-state index contributed by atoms with van der Waals surface area (Å²) in [6, 6.07) is 14.3. The number of phenols is 1. The van der Waals surface area contributed by atoms with Crippen molar-refractivity contribution in [2.75, 3.05) is 19.6 Å². The Balaban J connectivity index is 1.27. The van der Waals surface area contributed by atoms with Crippen molar-refractivity contribution >= 4 is 45.2 Å². The van der Waals surface area contributed by atoms with Crippen molar-refractivity contribution in [1.82, 2.24) is 9.80 Å². The number of ether oxygens (including phenoxy) is 2. The van der Waals surface area contributed by atoms with E-state index in [2.05, 4.69) is 65.0 Å². The van der Waals surface area contributed by atoms with Gasteiger partial charge in [-0.25, -0.2) is 0 Å². The molecule has 2 aromatic carbocycles. The van der Waals surface area contributed by atoms with Gasteiger partial charge < -0.3 is 19.5 Å². The highest BCUT2D eigenvalue weighted by Gasteiger charge is 2.67. The smallest absolute Gasteiger partial charge is 0.308 e. The molecule has 2 bridgehead atoms. The van der Waals surface area contributed by atoms with E-state index in [4.69, 9.17) is 9.47 Å². The number of phenolic OH excluding ortho intramolecular Hbond substituents is 1. The van der Waals surface area contributed by atoms with Crippen LogP contribution < -0.4 is 9.47 Å². The van der Waals surface area contributed by atoms with Gasteiger partial charge in [0.25, 0.3) is 0 Å². The molecule has 2 aliphatic heterocycles. The van der Waals surface area contributed by atoms with E-state index in [0.29, 0.717) is 24.0 Å². The van der Waals surface area contributed by atoms with Gasteiger partial charge in [0.15, 0.2) is 11.5 Å². The first-order valence-electron chi connectivity index (χ1n) is 16.4. The number of amides is 1. The molecule has 0 radical (unpaired) electrons. The maximum atomic E-state index is 14.0. The van der Waals surface area contributed by atoms with Gasteiger partial charge in [0.2, 0.25) is 5.91 Å². The zero-order valence-corrected chi connectivity index (χ0v) is 29.0. The predicted octanol–water partition coefficient (Wildman–Crippen LogP) is 6.99. The minimum Gasteiger partial charge on any atom is -0.504 e. The number of nitrogens with zero attached hydrogens (tertiary/aromatic N) is 2. The number of piperidine rings is 1. The number of rotatable bonds is 9. The average Bonchev–Trinajstić information content (AvgIpc) is 3.60. The fourth-order valence-corrected chi connectivity index (χ4v) is 10.2. The Morgan fingerprint density at radius 2 is 2.04 bits per heavy atom. The molecule has 2 fully saturated rings. The van der Waals surface area contributed by atoms with Crippen molar-refractivity contribution in [2.45, 2.75) is 76.5 Å². The van der Waals surface area contributed by atoms with Crippen LogP contribution in [0.4, 0.5) is 0 Å². The van der Waals surface area contributed by atoms with Gasteiger partial charge in [-0.3, -0.25) is 14.5 Å². The molecule has 46 heavy (non-hydrogen) atoms. The Labute approximate surface area is 283 Å². The monoisotopic (exact) mass is 704 g/mol. The maximum absolute atomic E-state index is 14.0. The second kappa shape index (κ2) is 12.5. The Hall–Kier alpha value is -3.14. The van der Waals surface area contributed by atoms with E-state index in [-0.39, 0.29) is 41.2 Å². The third kappa shape index (κ3) is 5.48. The zero-order chi connectivity index (χ0) is 32.2. The second-order valence-corrected chi connectivity index (χ2v) is 15.5. The van der Waals surface area contributed by atoms with Crippen molar-refractivity contribution in [1.29, 1.82) is 0 Å². The molecule has 1 N–H and O–H groups in total. The van der Waals surface area contributed by atoms with E-state index >= 15 is 0 Å². The number of carbonyl (C=O) groups is 2. The highest BCUT2D eigenvalue weighted by atomic mass is 79.9. The molecule has 1 spiro atoms. The molecule has 2 aliphatic carbocycles. The molecule has 9 heteroatoms. The lowest BCUT2D eigenvalue weighted by Crippen LogP contribution is -2.69. The molecule has 1 amide bonds. The lowest BCUT2D eigenvalue weighted by Gasteiger charge is -2.60. The quantitative estimate of drug-likeness (QED) is 0.147. The van der Waals surface area contributed by atoms with E-state index in [1.165, 1.54) is 12.5 Å². The van der Waals surface area contributed by atoms with Crippen LogP contribution in [0.2, 0.25) is 0 Å². The SMILES string of the molecule is CC(=O)Oc1cc(O)c2c3c1C[C@@H]1[C@@H]4CC[C@H](N(CC(C)C)C(=O)/C=C/c5cc(Br)cs5)[C@H](O2)[C@]34CCN1CCc1ccccc1. The van der Waals surface area contributed by atoms with Gasteiger partial charge in [-0.15, -0.1) is 11.3 Å². The normalized spacial score (nSPS) is 26.2. The lowest BCUT2D eigenvalue weighted by molar-refractivity contribution is -0.138. The molecule has 7 nitrogen and oxygen atoms in total. The highest BCUT2D eigenvalue weighted by molar-refractivity contribution is 9.10. The predicted molar refractivity (Wildman–Crippen MR) is 183 cm³/mol. The number of benzene rings is 2. The van der Waals surface area contributed by atoms with Gasteiger partial charge in [-0.05, 0) is 84.1 Å². The number of esters is 1. The number of hydrogen-bond acceptors (Lipinski definition) is 7. The van der Waals surface area contributed by atoms with Crippen LogP contribution >= 0.6 is 27.3 Å². The van der Waals surface area contributed by atoms with Gasteiger partial charge >= 0.3 is 5.97 Å². The molecule has 3 heterocycles. The lowest BCUT2D eigenvalue weighted by atomic mass is 9.50. The number of aromatic hydroxyl groups is 1. The fraction of sp³-hybridized carbons (Fsp3) is 0.459. The third-order valence-electron chi connectivity index (χ3n) is 10.5. The van der Waals surface area contributed by atoms with Crippen molar-refractivity contribution in [3.8, 4) is 17.2 Å². The molecule has 1 saturated carbocycles. The van der Waals surface area contributed by atoms with Crippen LogP contribution in [-0.4, -0.2) is 64.6 Å². The van der Waals surface area contributed by atoms with E-state index in [1.807, 2.05) is 22.4 Å². The maximum Gasteiger partial charge on any atom is 0.308 e. The summed E-state index contributed by atoms with van der Waals surface area (Å²) in [6.45, 7) is 8.16. The van der Waals surface area contributed by atoms with Gasteiger partial charge in [-0.2, -0.15) is 0 Å². The van der Waals surface area contributed by atoms with Crippen LogP contribution in [0, 0.1) is 11.8 Å². The third-order valence-corrected chi connectivity index (χ3v) is 12.2. The van der Waals surface area contributed by atoms with Crippen LogP contribution in [0.15, 0.2) is 58.4 Å². The molecule has 1 aromatic heterocycles. The van der Waals surface area contributed by atoms with Gasteiger partial charge in [0.1, 0.15) is 11.9 Å². The largest absolute Gasteiger partial charge is 0.504 e. The number of carbonyl (C=O) groups excluding carboxylic acids is 2. The number of thiophene rings is 1. The van der Waals surface area contributed by atoms with Gasteiger partial charge in [-0.1, -0.05) is 44.2 Å². The highest BCUT2D eigenvalue weighted by Crippen LogP contribution is 2.65. The zero-order valence-electron chi connectivity index (χ0n) is 26.6. The Morgan fingerprint density at radius 3 is 2.76 bits per heavy atom. The van der Waals surface area contributed by atoms with Gasteiger partial charge in [0.05, 0.1) is 6.04 Å². The molecule has 1 saturated heterocycles. The summed E-state index contributed by atoms with van der Waals surface area (Å²) in [5.74, 6) is 1.10. The molecule has 0 unspecified atom stereocenters. The van der Waals surface area contributed by atoms with Crippen LogP contribution in [0.3, 0.4) is 0 Å². The van der Waals surface area contributed by atoms with E-state index in [1.54, 1.807) is 23.5 Å². The summed E-state index contributed by atoms with van der Waals surface area (Å²) in [5.41, 5.74) is 2.93. The first-order chi connectivity index (χ1) is 22.2. The van der Waals surface area contributed by atoms with Gasteiger partial charge in [0, 0.05) is 69.5 Å². The van der Waals surface area contributed by atoms with Crippen molar-refractivity contribution in [3.63, 3.8) is 0 Å². The molecule has 3 aromatic rings. The summed E-state index contributed by atoms with van der Waals surface area (Å²) in [6.07, 6.45) is 7.64. The second-order valence-electron chi connectivity index (χ2n) is 13.7. The number of likely N-dealkylation sites (tertiary alicyclic amines) is 1. The number of halogens is 1. The standard InChI is InChI=1S/C37H41BrN2O5S/c1-22(2)20-40(33(43)12-9-26-17-25(38)21-46-26)29-11-10-28-30-18-27-32(44-23(3)41)19-31(42)35-34(27)37(28,36(29)45-35)14-16-39(30)15-13-24-7-5-4-6-8-24/h4-9,12,17,19,21-22,28-30,36,42H,10-11,13-16,18,20H2,1-3H3/b12-9+/t28-,29-,30+,36-,37-/m0/s1. The summed E-state index contributed by atoms with van der Waals surface area (Å²) >= 11 is 5.10. The minimum atomic E-state index is -0.406. The Morgan fingerprint density at radius 1 is 1.24 bits per heavy atom. The molecule has 4 aliphatic rings. The van der Waals surface area contributed by atoms with Crippen LogP contribution in [0.1, 0.15) is 61.6 Å². The summed E-state index contributed by atoms with van der Waals surface area (Å²) < 4.78 is 13.7. The fourth-order valence-electron chi connectivity index (χ4n) is 8.86. The summed E-state index contributed by atoms with van der Waals surface area (Å²) in [4.78, 5) is 31.9. The van der Waals surface area contributed by atoms with Crippen LogP contribution in [-0.2, 0) is 27.8 Å². The van der Waals surface area contributed by atoms with E-state index in [9.17, 15) is 14.7 Å². The van der Waals surface area contributed by atoms with Crippen LogP contribution in [0.25, 0.3) is 6.08 Å². The number of hydrogen-bond donors (Lipinski definition) is 1. The molecular formula is C37H41BrN2O5S. The molecule has 7 rings (SSSR count). The minimum absolute atomic E-state index is 0.00568. The molecule has 242 valence electrons. The summed E-state index contributed by atoms with van der Waals surface area (Å²) in [7, 11) is 0. The topological polar surface area (TPSA) is 79.3 Å². The molecular weight excluding hydrogens is 664 g/mol. The van der Waals surface area contributed by atoms with E-state index < -0.39 is 5.97 Å². The Kier molecular flexibility index (Phi) is 8.53. The Bertz CT molecular complexity index is 1670. The van der Waals surface area contributed by atoms with Crippen molar-refractivity contribution in [2.24, 2.45) is 11.8 Å². The first kappa shape index (κ1) is 31.5. The average molecular weight is 706 g/mol. The van der Waals surface area contributed by atoms with Crippen LogP contribution in [0.5, 0.6) is 17.2 Å². The first-order valence-corrected chi connectivity index (χ1v) is 18.1. The van der Waals surface area contributed by atoms with E-state index in [0.717, 1.165) is 65.7 Å².